The van der Waals surface area contributed by atoms with E-state index in [1.807, 2.05) is 4.90 Å². The van der Waals surface area contributed by atoms with Crippen molar-refractivity contribution >= 4 is 52.0 Å². The minimum atomic E-state index is -2.87. The molecule has 1 aromatic carbocycles. The lowest BCUT2D eigenvalue weighted by molar-refractivity contribution is -0.125. The molecule has 0 radical (unpaired) electrons. The number of carbonyl (C=O) groups is 3. The van der Waals surface area contributed by atoms with Crippen molar-refractivity contribution < 1.29 is 27.9 Å². The van der Waals surface area contributed by atoms with Gasteiger partial charge in [-0.2, -0.15) is 0 Å². The first kappa shape index (κ1) is 26.5. The van der Waals surface area contributed by atoms with Gasteiger partial charge in [0.05, 0.1) is 15.8 Å². The van der Waals surface area contributed by atoms with E-state index in [0.29, 0.717) is 21.5 Å². The van der Waals surface area contributed by atoms with Crippen molar-refractivity contribution in [1.82, 2.24) is 10.2 Å². The van der Waals surface area contributed by atoms with Gasteiger partial charge in [0.25, 0.3) is 18.2 Å². The second-order valence-corrected chi connectivity index (χ2v) is 10.5. The van der Waals surface area contributed by atoms with Crippen molar-refractivity contribution in [2.45, 2.75) is 37.8 Å². The number of halogens is 3. The Labute approximate surface area is 216 Å². The van der Waals surface area contributed by atoms with Gasteiger partial charge < -0.3 is 20.3 Å². The molecule has 1 saturated carbocycles. The number of likely N-dealkylation sites (N-methyl/N-ethyl adjacent to an activating group) is 1. The average Bonchev–Trinajstić information content (AvgIpc) is 3.25. The summed E-state index contributed by atoms with van der Waals surface area (Å²) >= 11 is 7.04. The smallest absolute Gasteiger partial charge is 0.265 e. The Bertz CT molecular complexity index is 1130. The highest BCUT2D eigenvalue weighted by molar-refractivity contribution is 7.18. The van der Waals surface area contributed by atoms with Crippen LogP contribution in [0.4, 0.5) is 20.2 Å². The summed E-state index contributed by atoms with van der Waals surface area (Å²) < 4.78 is 33.5. The number of alkyl halides is 2. The summed E-state index contributed by atoms with van der Waals surface area (Å²) in [7, 11) is 1.80. The second-order valence-electron chi connectivity index (χ2n) is 8.74. The molecular formula is C24H27ClF2N4O4S. The first-order chi connectivity index (χ1) is 17.2. The van der Waals surface area contributed by atoms with Crippen LogP contribution in [0, 0.1) is 0 Å². The van der Waals surface area contributed by atoms with Crippen molar-refractivity contribution in [3.05, 3.63) is 45.1 Å². The summed E-state index contributed by atoms with van der Waals surface area (Å²) in [4.78, 5) is 41.7. The largest absolute Gasteiger partial charge is 0.370 e. The summed E-state index contributed by atoms with van der Waals surface area (Å²) in [6.07, 6.45) is 0.00159. The Hall–Kier alpha value is -2.60. The molecule has 12 heteroatoms. The maximum Gasteiger partial charge on any atom is 0.265 e. The van der Waals surface area contributed by atoms with Crippen molar-refractivity contribution in [2.24, 2.45) is 0 Å². The predicted octanol–water partition coefficient (Wildman–Crippen LogP) is 3.92. The molecule has 0 spiro atoms. The van der Waals surface area contributed by atoms with Crippen LogP contribution in [0.15, 0.2) is 30.3 Å². The van der Waals surface area contributed by atoms with E-state index in [-0.39, 0.29) is 48.8 Å². The average molecular weight is 541 g/mol. The lowest BCUT2D eigenvalue weighted by Gasteiger charge is -2.39. The number of nitrogens with zero attached hydrogens (tertiary/aromatic N) is 2. The number of morpholine rings is 1. The maximum atomic E-state index is 14.0. The van der Waals surface area contributed by atoms with Gasteiger partial charge in [0.2, 0.25) is 5.91 Å². The van der Waals surface area contributed by atoms with Crippen LogP contribution in [-0.2, 0) is 14.3 Å². The lowest BCUT2D eigenvalue weighted by atomic mass is 9.90. The molecule has 3 amide bonds. The number of benzene rings is 1. The predicted molar refractivity (Wildman–Crippen MR) is 134 cm³/mol. The minimum Gasteiger partial charge on any atom is -0.370 e. The highest BCUT2D eigenvalue weighted by Gasteiger charge is 2.33. The summed E-state index contributed by atoms with van der Waals surface area (Å²) in [5, 5.41) is 5.39. The highest BCUT2D eigenvalue weighted by Crippen LogP contribution is 2.32. The molecule has 2 aromatic rings. The Balaban J connectivity index is 1.51. The second kappa shape index (κ2) is 11.6. The summed E-state index contributed by atoms with van der Waals surface area (Å²) in [5.41, 5.74) is -0.105. The van der Waals surface area contributed by atoms with E-state index in [1.165, 1.54) is 23.1 Å². The fraction of sp³-hybridized carbons (Fsp3) is 0.458. The van der Waals surface area contributed by atoms with Crippen LogP contribution >= 0.6 is 22.9 Å². The van der Waals surface area contributed by atoms with Crippen molar-refractivity contribution in [3.8, 4) is 0 Å². The highest BCUT2D eigenvalue weighted by atomic mass is 35.5. The molecule has 4 rings (SSSR count). The zero-order valence-electron chi connectivity index (χ0n) is 19.6. The number of thiophene rings is 1. The molecule has 1 atom stereocenters. The first-order valence-corrected chi connectivity index (χ1v) is 12.8. The van der Waals surface area contributed by atoms with Crippen LogP contribution < -0.4 is 15.5 Å². The van der Waals surface area contributed by atoms with Gasteiger partial charge in [0.1, 0.15) is 12.6 Å². The molecule has 1 saturated heterocycles. The van der Waals surface area contributed by atoms with E-state index < -0.39 is 18.4 Å². The van der Waals surface area contributed by atoms with Gasteiger partial charge in [0, 0.05) is 36.1 Å². The Morgan fingerprint density at radius 3 is 2.67 bits per heavy atom. The molecule has 1 aromatic heterocycles. The molecule has 2 heterocycles. The van der Waals surface area contributed by atoms with Crippen molar-refractivity contribution in [1.29, 1.82) is 0 Å². The van der Waals surface area contributed by atoms with Crippen molar-refractivity contribution in [3.63, 3.8) is 0 Å². The van der Waals surface area contributed by atoms with Gasteiger partial charge in [-0.25, -0.2) is 8.78 Å². The van der Waals surface area contributed by atoms with Gasteiger partial charge in [-0.15, -0.1) is 11.3 Å². The topological polar surface area (TPSA) is 91.0 Å². The van der Waals surface area contributed by atoms with Crippen LogP contribution in [0.25, 0.3) is 0 Å². The van der Waals surface area contributed by atoms with Gasteiger partial charge in [0.15, 0.2) is 0 Å². The number of carbonyl (C=O) groups excluding carboxylic acids is 3. The quantitative estimate of drug-likeness (QED) is 0.503. The van der Waals surface area contributed by atoms with Gasteiger partial charge in [-0.05, 0) is 50.2 Å². The van der Waals surface area contributed by atoms with E-state index >= 15 is 0 Å². The minimum absolute atomic E-state index is 0.00242. The third kappa shape index (κ3) is 6.03. The molecule has 36 heavy (non-hydrogen) atoms. The van der Waals surface area contributed by atoms with Gasteiger partial charge in [-0.1, -0.05) is 18.0 Å². The SMILES string of the molecule is CN(C1CCC1)[C@H](CNC(=O)c1ccc(Cl)s1)C(=O)Nc1ccc(N2CCOCC2=O)cc1C(F)F. The molecule has 2 aliphatic rings. The third-order valence-corrected chi connectivity index (χ3v) is 7.75. The zero-order valence-corrected chi connectivity index (χ0v) is 21.2. The van der Waals surface area contributed by atoms with Crippen LogP contribution in [0.1, 0.15) is 40.9 Å². The summed E-state index contributed by atoms with van der Waals surface area (Å²) in [6.45, 7) is 0.460. The van der Waals surface area contributed by atoms with Crippen LogP contribution in [0.3, 0.4) is 0 Å². The monoisotopic (exact) mass is 540 g/mol. The summed E-state index contributed by atoms with van der Waals surface area (Å²) in [5.74, 6) is -1.19. The number of hydrogen-bond donors (Lipinski definition) is 2. The Morgan fingerprint density at radius 1 is 1.28 bits per heavy atom. The number of anilines is 2. The maximum absolute atomic E-state index is 14.0. The number of rotatable bonds is 9. The first-order valence-electron chi connectivity index (χ1n) is 11.6. The Kier molecular flexibility index (Phi) is 8.55. The number of nitrogens with one attached hydrogen (secondary N) is 2. The third-order valence-electron chi connectivity index (χ3n) is 6.52. The molecule has 194 valence electrons. The van der Waals surface area contributed by atoms with E-state index in [9.17, 15) is 23.2 Å². The fourth-order valence-corrected chi connectivity index (χ4v) is 5.16. The molecule has 1 aliphatic heterocycles. The molecule has 1 aliphatic carbocycles. The number of amides is 3. The molecule has 2 fully saturated rings. The zero-order chi connectivity index (χ0) is 25.8. The van der Waals surface area contributed by atoms with E-state index in [4.69, 9.17) is 16.3 Å². The Morgan fingerprint density at radius 2 is 2.06 bits per heavy atom. The van der Waals surface area contributed by atoms with Crippen LogP contribution in [-0.4, -0.2) is 68.1 Å². The number of hydrogen-bond acceptors (Lipinski definition) is 6. The lowest BCUT2D eigenvalue weighted by Crippen LogP contribution is -2.54. The molecule has 0 bridgehead atoms. The van der Waals surface area contributed by atoms with Crippen LogP contribution in [0.2, 0.25) is 4.34 Å². The molecule has 8 nitrogen and oxygen atoms in total. The van der Waals surface area contributed by atoms with E-state index in [2.05, 4.69) is 10.6 Å². The van der Waals surface area contributed by atoms with Crippen LogP contribution in [0.5, 0.6) is 0 Å². The normalized spacial score (nSPS) is 17.3. The van der Waals surface area contributed by atoms with E-state index in [0.717, 1.165) is 30.6 Å². The molecular weight excluding hydrogens is 514 g/mol. The number of ether oxygens (including phenoxy) is 1. The fourth-order valence-electron chi connectivity index (χ4n) is 4.20. The van der Waals surface area contributed by atoms with Gasteiger partial charge >= 0.3 is 0 Å². The van der Waals surface area contributed by atoms with E-state index in [1.54, 1.807) is 19.2 Å². The van der Waals surface area contributed by atoms with Crippen molar-refractivity contribution in [2.75, 3.05) is 43.6 Å². The van der Waals surface area contributed by atoms with Gasteiger partial charge in [-0.3, -0.25) is 19.3 Å². The molecule has 0 unspecified atom stereocenters. The summed E-state index contributed by atoms with van der Waals surface area (Å²) in [6, 6.07) is 6.73. The standard InChI is InChI=1S/C24H27ClF2N4O4S/c1-30(14-3-2-4-14)18(12-28-24(34)19-7-8-20(25)36-19)23(33)29-17-6-5-15(11-16(17)22(26)27)31-9-10-35-13-21(31)32/h5-8,11,14,18,22H,2-4,9-10,12-13H2,1H3,(H,28,34)(H,29,33)/t18-/m1/s1. The molecule has 2 N–H and O–H groups in total.